The van der Waals surface area contributed by atoms with E-state index in [0.717, 1.165) is 36.3 Å². The Balaban J connectivity index is 2.12. The minimum absolute atomic E-state index is 0.0162. The van der Waals surface area contributed by atoms with Gasteiger partial charge in [-0.05, 0) is 44.9 Å². The Labute approximate surface area is 174 Å². The van der Waals surface area contributed by atoms with Crippen LogP contribution < -0.4 is 0 Å². The van der Waals surface area contributed by atoms with Crippen LogP contribution in [0.3, 0.4) is 0 Å². The number of benzene rings is 1. The lowest BCUT2D eigenvalue weighted by Gasteiger charge is -2.30. The fourth-order valence-electron chi connectivity index (χ4n) is 3.27. The normalized spacial score (nSPS) is 10.9. The number of rotatable bonds is 11. The Bertz CT molecular complexity index is 767. The molecule has 5 nitrogen and oxygen atoms in total. The van der Waals surface area contributed by atoms with Gasteiger partial charge in [0.1, 0.15) is 11.5 Å². The average molecular weight is 399 g/mol. The first-order chi connectivity index (χ1) is 13.9. The van der Waals surface area contributed by atoms with Crippen molar-refractivity contribution in [2.24, 2.45) is 0 Å². The molecule has 2 aromatic rings. The van der Waals surface area contributed by atoms with Gasteiger partial charge in [-0.3, -0.25) is 9.59 Å². The van der Waals surface area contributed by atoms with Crippen molar-refractivity contribution >= 4 is 11.8 Å². The van der Waals surface area contributed by atoms with E-state index in [1.54, 1.807) is 9.80 Å². The van der Waals surface area contributed by atoms with Gasteiger partial charge in [-0.2, -0.15) is 0 Å². The summed E-state index contributed by atoms with van der Waals surface area (Å²) in [6, 6.07) is 13.7. The summed E-state index contributed by atoms with van der Waals surface area (Å²) in [4.78, 5) is 29.3. The molecule has 0 atom stereocenters. The lowest BCUT2D eigenvalue weighted by Crippen LogP contribution is -2.45. The predicted molar refractivity (Wildman–Crippen MR) is 115 cm³/mol. The number of nitrogens with zero attached hydrogens (tertiary/aromatic N) is 2. The number of furan rings is 1. The van der Waals surface area contributed by atoms with Gasteiger partial charge in [-0.15, -0.1) is 0 Å². The van der Waals surface area contributed by atoms with E-state index in [1.165, 1.54) is 0 Å². The molecule has 29 heavy (non-hydrogen) atoms. The van der Waals surface area contributed by atoms with Crippen molar-refractivity contribution in [3.8, 4) is 0 Å². The number of carbonyl (C=O) groups is 2. The zero-order valence-corrected chi connectivity index (χ0v) is 18.2. The van der Waals surface area contributed by atoms with Crippen molar-refractivity contribution < 1.29 is 14.0 Å². The molecule has 0 spiro atoms. The van der Waals surface area contributed by atoms with Crippen LogP contribution in [-0.4, -0.2) is 34.2 Å². The van der Waals surface area contributed by atoms with Gasteiger partial charge in [0.25, 0.3) is 0 Å². The van der Waals surface area contributed by atoms with Crippen molar-refractivity contribution in [1.29, 1.82) is 0 Å². The molecule has 1 heterocycles. The summed E-state index contributed by atoms with van der Waals surface area (Å²) in [5, 5.41) is 0. The minimum Gasteiger partial charge on any atom is -0.464 e. The molecular weight excluding hydrogens is 364 g/mol. The van der Waals surface area contributed by atoms with Crippen molar-refractivity contribution in [2.75, 3.05) is 6.54 Å². The highest BCUT2D eigenvalue weighted by Gasteiger charge is 2.24. The number of carbonyl (C=O) groups excluding carboxylic acids is 2. The zero-order chi connectivity index (χ0) is 21.2. The predicted octanol–water partition coefficient (Wildman–Crippen LogP) is 4.93. The Morgan fingerprint density at radius 2 is 1.69 bits per heavy atom. The Kier molecular flexibility index (Phi) is 8.97. The molecular formula is C24H34N2O3. The van der Waals surface area contributed by atoms with Crippen LogP contribution in [0.4, 0.5) is 0 Å². The fraction of sp³-hybridized carbons (Fsp3) is 0.500. The first-order valence-corrected chi connectivity index (χ1v) is 10.6. The highest BCUT2D eigenvalue weighted by molar-refractivity contribution is 5.85. The molecule has 0 aliphatic rings. The Morgan fingerprint density at radius 3 is 2.28 bits per heavy atom. The Morgan fingerprint density at radius 1 is 0.966 bits per heavy atom. The number of amides is 2. The molecule has 0 radical (unpaired) electrons. The number of aryl methyl sites for hydroxylation is 1. The summed E-state index contributed by atoms with van der Waals surface area (Å²) in [6.45, 7) is 8.89. The molecule has 0 unspecified atom stereocenters. The van der Waals surface area contributed by atoms with Crippen molar-refractivity contribution in [2.45, 2.75) is 72.5 Å². The minimum atomic E-state index is -0.0690. The largest absolute Gasteiger partial charge is 0.464 e. The van der Waals surface area contributed by atoms with E-state index >= 15 is 0 Å². The molecule has 0 N–H and O–H groups in total. The zero-order valence-electron chi connectivity index (χ0n) is 18.2. The highest BCUT2D eigenvalue weighted by Crippen LogP contribution is 2.15. The maximum atomic E-state index is 13.2. The van der Waals surface area contributed by atoms with Gasteiger partial charge in [-0.1, -0.05) is 50.1 Å². The van der Waals surface area contributed by atoms with Crippen LogP contribution in [0, 0.1) is 6.92 Å². The lowest BCUT2D eigenvalue weighted by atomic mass is 10.1. The number of hydrogen-bond acceptors (Lipinski definition) is 3. The summed E-state index contributed by atoms with van der Waals surface area (Å²) in [5.74, 6) is 1.55. The third-order valence-corrected chi connectivity index (χ3v) is 4.96. The van der Waals surface area contributed by atoms with Crippen LogP contribution in [0.2, 0.25) is 0 Å². The molecule has 1 aromatic heterocycles. The standard InChI is InChI=1S/C24H34N2O3/c1-5-6-8-13-23(27)26(19(2)3)18-24(28)25(16-21-11-9-7-10-12-21)17-22-15-14-20(4)29-22/h7,9-12,14-15,19H,5-6,8,13,16-18H2,1-4H3. The van der Waals surface area contributed by atoms with Gasteiger partial charge in [0.05, 0.1) is 13.1 Å². The van der Waals surface area contributed by atoms with E-state index < -0.39 is 0 Å². The van der Waals surface area contributed by atoms with Gasteiger partial charge < -0.3 is 14.2 Å². The van der Waals surface area contributed by atoms with Crippen LogP contribution >= 0.6 is 0 Å². The lowest BCUT2D eigenvalue weighted by molar-refractivity contribution is -0.143. The second-order valence-electron chi connectivity index (χ2n) is 7.82. The van der Waals surface area contributed by atoms with E-state index in [2.05, 4.69) is 6.92 Å². The third kappa shape index (κ3) is 7.41. The molecule has 5 heteroatoms. The van der Waals surface area contributed by atoms with Crippen LogP contribution in [0.5, 0.6) is 0 Å². The third-order valence-electron chi connectivity index (χ3n) is 4.96. The quantitative estimate of drug-likeness (QED) is 0.504. The second-order valence-corrected chi connectivity index (χ2v) is 7.82. The first-order valence-electron chi connectivity index (χ1n) is 10.6. The SMILES string of the molecule is CCCCCC(=O)N(CC(=O)N(Cc1ccccc1)Cc1ccc(C)o1)C(C)C. The van der Waals surface area contributed by atoms with Crippen LogP contribution in [-0.2, 0) is 22.7 Å². The molecule has 0 bridgehead atoms. The van der Waals surface area contributed by atoms with E-state index in [-0.39, 0.29) is 24.4 Å². The summed E-state index contributed by atoms with van der Waals surface area (Å²) in [5.41, 5.74) is 1.05. The van der Waals surface area contributed by atoms with Crippen molar-refractivity contribution in [3.05, 3.63) is 59.5 Å². The summed E-state index contributed by atoms with van der Waals surface area (Å²) >= 11 is 0. The van der Waals surface area contributed by atoms with Crippen LogP contribution in [0.15, 0.2) is 46.9 Å². The molecule has 2 rings (SSSR count). The molecule has 1 aromatic carbocycles. The summed E-state index contributed by atoms with van der Waals surface area (Å²) < 4.78 is 5.69. The molecule has 0 aliphatic heterocycles. The van der Waals surface area contributed by atoms with Gasteiger partial charge in [0, 0.05) is 19.0 Å². The number of hydrogen-bond donors (Lipinski definition) is 0. The first kappa shape index (κ1) is 22.7. The summed E-state index contributed by atoms with van der Waals surface area (Å²) in [6.07, 6.45) is 3.46. The molecule has 0 fully saturated rings. The van der Waals surface area contributed by atoms with Gasteiger partial charge in [0.2, 0.25) is 11.8 Å². The van der Waals surface area contributed by atoms with Crippen molar-refractivity contribution in [1.82, 2.24) is 9.80 Å². The van der Waals surface area contributed by atoms with E-state index in [0.29, 0.717) is 19.5 Å². The van der Waals surface area contributed by atoms with Gasteiger partial charge >= 0.3 is 0 Å². The molecule has 0 saturated carbocycles. The monoisotopic (exact) mass is 398 g/mol. The topological polar surface area (TPSA) is 53.8 Å². The second kappa shape index (κ2) is 11.4. The Hall–Kier alpha value is -2.56. The van der Waals surface area contributed by atoms with Crippen LogP contribution in [0.1, 0.15) is 63.5 Å². The van der Waals surface area contributed by atoms with E-state index in [4.69, 9.17) is 4.42 Å². The summed E-state index contributed by atoms with van der Waals surface area (Å²) in [7, 11) is 0. The van der Waals surface area contributed by atoms with Crippen molar-refractivity contribution in [3.63, 3.8) is 0 Å². The molecule has 2 amide bonds. The number of unbranched alkanes of at least 4 members (excludes halogenated alkanes) is 2. The molecule has 158 valence electrons. The maximum Gasteiger partial charge on any atom is 0.242 e. The van der Waals surface area contributed by atoms with Gasteiger partial charge in [-0.25, -0.2) is 0 Å². The van der Waals surface area contributed by atoms with Gasteiger partial charge in [0.15, 0.2) is 0 Å². The smallest absolute Gasteiger partial charge is 0.242 e. The molecule has 0 aliphatic carbocycles. The van der Waals surface area contributed by atoms with Crippen LogP contribution in [0.25, 0.3) is 0 Å². The maximum absolute atomic E-state index is 13.2. The van der Waals surface area contributed by atoms with E-state index in [9.17, 15) is 9.59 Å². The van der Waals surface area contributed by atoms with E-state index in [1.807, 2.05) is 63.2 Å². The highest BCUT2D eigenvalue weighted by atomic mass is 16.3. The fourth-order valence-corrected chi connectivity index (χ4v) is 3.27. The average Bonchev–Trinajstić information content (AvgIpc) is 3.10. The molecule has 0 saturated heterocycles.